The number of aliphatic hydroxyl groups is 1. The van der Waals surface area contributed by atoms with Gasteiger partial charge in [0.15, 0.2) is 5.82 Å². The van der Waals surface area contributed by atoms with Crippen LogP contribution in [0.25, 0.3) is 0 Å². The van der Waals surface area contributed by atoms with Crippen LogP contribution in [0.4, 0.5) is 4.39 Å². The van der Waals surface area contributed by atoms with Crippen LogP contribution in [-0.2, 0) is 13.0 Å². The first kappa shape index (κ1) is 16.1. The van der Waals surface area contributed by atoms with Gasteiger partial charge in [-0.1, -0.05) is 23.7 Å². The van der Waals surface area contributed by atoms with Gasteiger partial charge in [-0.05, 0) is 43.5 Å². The highest BCUT2D eigenvalue weighted by Crippen LogP contribution is 2.21. The molecule has 0 radical (unpaired) electrons. The summed E-state index contributed by atoms with van der Waals surface area (Å²) < 4.78 is 18.5. The van der Waals surface area contributed by atoms with Crippen molar-refractivity contribution >= 4 is 0 Å². The number of likely N-dealkylation sites (tertiary alicyclic amines) is 1. The van der Waals surface area contributed by atoms with Crippen molar-refractivity contribution in [1.82, 2.24) is 15.0 Å². The molecule has 0 bridgehead atoms. The Hall–Kier alpha value is -1.79. The standard InChI is InChI=1S/C17H22FN3O2/c18-14-5-3-4-13(10-14)11-16-19-17(23-20-16)12-21-8-2-1-6-15(21)7-9-22/h3-5,10,15,22H,1-2,6-9,11-12H2. The molecular weight excluding hydrogens is 297 g/mol. The maximum absolute atomic E-state index is 13.2. The van der Waals surface area contributed by atoms with Gasteiger partial charge in [0, 0.05) is 19.1 Å². The second kappa shape index (κ2) is 7.66. The Morgan fingerprint density at radius 2 is 2.26 bits per heavy atom. The largest absolute Gasteiger partial charge is 0.396 e. The highest BCUT2D eigenvalue weighted by atomic mass is 19.1. The van der Waals surface area contributed by atoms with Crippen molar-refractivity contribution < 1.29 is 14.0 Å². The van der Waals surface area contributed by atoms with Gasteiger partial charge in [0.2, 0.25) is 5.89 Å². The van der Waals surface area contributed by atoms with E-state index in [1.165, 1.54) is 18.6 Å². The number of hydrogen-bond acceptors (Lipinski definition) is 5. The summed E-state index contributed by atoms with van der Waals surface area (Å²) >= 11 is 0. The van der Waals surface area contributed by atoms with Crippen molar-refractivity contribution in [3.8, 4) is 0 Å². The fourth-order valence-corrected chi connectivity index (χ4v) is 3.17. The van der Waals surface area contributed by atoms with Crippen LogP contribution >= 0.6 is 0 Å². The highest BCUT2D eigenvalue weighted by Gasteiger charge is 2.23. The van der Waals surface area contributed by atoms with E-state index >= 15 is 0 Å². The zero-order valence-electron chi connectivity index (χ0n) is 13.1. The molecule has 1 saturated heterocycles. The molecule has 2 aromatic rings. The molecule has 1 fully saturated rings. The fraction of sp³-hybridized carbons (Fsp3) is 0.529. The van der Waals surface area contributed by atoms with Gasteiger partial charge < -0.3 is 9.63 Å². The fourth-order valence-electron chi connectivity index (χ4n) is 3.17. The van der Waals surface area contributed by atoms with Gasteiger partial charge in [0.05, 0.1) is 6.54 Å². The summed E-state index contributed by atoms with van der Waals surface area (Å²) in [6.07, 6.45) is 4.71. The number of halogens is 1. The lowest BCUT2D eigenvalue weighted by Gasteiger charge is -2.34. The van der Waals surface area contributed by atoms with E-state index in [4.69, 9.17) is 4.52 Å². The minimum absolute atomic E-state index is 0.204. The molecule has 1 aliphatic heterocycles. The molecule has 3 rings (SSSR count). The third-order valence-electron chi connectivity index (χ3n) is 4.31. The SMILES string of the molecule is OCCC1CCCCN1Cc1nc(Cc2cccc(F)c2)no1. The van der Waals surface area contributed by atoms with Crippen molar-refractivity contribution in [3.05, 3.63) is 47.4 Å². The van der Waals surface area contributed by atoms with E-state index in [9.17, 15) is 9.50 Å². The monoisotopic (exact) mass is 319 g/mol. The van der Waals surface area contributed by atoms with Crippen LogP contribution in [0.3, 0.4) is 0 Å². The number of piperidine rings is 1. The molecule has 0 saturated carbocycles. The smallest absolute Gasteiger partial charge is 0.240 e. The van der Waals surface area contributed by atoms with Gasteiger partial charge in [0.1, 0.15) is 5.82 Å². The minimum Gasteiger partial charge on any atom is -0.396 e. The van der Waals surface area contributed by atoms with Gasteiger partial charge in [-0.2, -0.15) is 4.98 Å². The number of aliphatic hydroxyl groups excluding tert-OH is 1. The van der Waals surface area contributed by atoms with Gasteiger partial charge in [0.25, 0.3) is 0 Å². The molecule has 1 N–H and O–H groups in total. The predicted octanol–water partition coefficient (Wildman–Crippen LogP) is 2.54. The number of aromatic nitrogens is 2. The summed E-state index contributed by atoms with van der Waals surface area (Å²) in [6, 6.07) is 6.81. The Morgan fingerprint density at radius 1 is 1.35 bits per heavy atom. The van der Waals surface area contributed by atoms with E-state index in [1.807, 2.05) is 6.07 Å². The van der Waals surface area contributed by atoms with Crippen molar-refractivity contribution in [2.45, 2.75) is 44.7 Å². The van der Waals surface area contributed by atoms with Crippen LogP contribution in [0.2, 0.25) is 0 Å². The molecular formula is C17H22FN3O2. The van der Waals surface area contributed by atoms with E-state index in [0.29, 0.717) is 30.7 Å². The first-order chi connectivity index (χ1) is 11.2. The van der Waals surface area contributed by atoms with Crippen LogP contribution in [0.1, 0.15) is 43.0 Å². The van der Waals surface area contributed by atoms with Crippen LogP contribution in [0.15, 0.2) is 28.8 Å². The van der Waals surface area contributed by atoms with Crippen LogP contribution in [-0.4, -0.2) is 39.3 Å². The quantitative estimate of drug-likeness (QED) is 0.886. The highest BCUT2D eigenvalue weighted by molar-refractivity contribution is 5.19. The Bertz CT molecular complexity index is 630. The van der Waals surface area contributed by atoms with Crippen molar-refractivity contribution in [1.29, 1.82) is 0 Å². The van der Waals surface area contributed by atoms with E-state index < -0.39 is 0 Å². The molecule has 23 heavy (non-hydrogen) atoms. The molecule has 1 aromatic heterocycles. The molecule has 2 heterocycles. The Labute approximate surface area is 135 Å². The summed E-state index contributed by atoms with van der Waals surface area (Å²) in [4.78, 5) is 6.72. The molecule has 1 aliphatic rings. The number of nitrogens with zero attached hydrogens (tertiary/aromatic N) is 3. The lowest BCUT2D eigenvalue weighted by molar-refractivity contribution is 0.100. The zero-order valence-corrected chi connectivity index (χ0v) is 13.1. The summed E-state index contributed by atoms with van der Waals surface area (Å²) in [5.74, 6) is 0.897. The average molecular weight is 319 g/mol. The maximum atomic E-state index is 13.2. The van der Waals surface area contributed by atoms with E-state index in [-0.39, 0.29) is 12.4 Å². The summed E-state index contributed by atoms with van der Waals surface area (Å²) in [5, 5.41) is 13.2. The predicted molar refractivity (Wildman–Crippen MR) is 83.3 cm³/mol. The first-order valence-corrected chi connectivity index (χ1v) is 8.15. The Kier molecular flexibility index (Phi) is 5.35. The van der Waals surface area contributed by atoms with Gasteiger partial charge in [-0.25, -0.2) is 4.39 Å². The molecule has 0 amide bonds. The van der Waals surface area contributed by atoms with Gasteiger partial charge in [-0.15, -0.1) is 0 Å². The topological polar surface area (TPSA) is 62.4 Å². The number of benzene rings is 1. The van der Waals surface area contributed by atoms with E-state index in [0.717, 1.165) is 31.4 Å². The van der Waals surface area contributed by atoms with Crippen molar-refractivity contribution in [2.75, 3.05) is 13.2 Å². The molecule has 1 atom stereocenters. The Morgan fingerprint density at radius 3 is 3.09 bits per heavy atom. The second-order valence-electron chi connectivity index (χ2n) is 6.04. The molecule has 1 aromatic carbocycles. The van der Waals surface area contributed by atoms with Crippen molar-refractivity contribution in [2.24, 2.45) is 0 Å². The zero-order chi connectivity index (χ0) is 16.1. The lowest BCUT2D eigenvalue weighted by Crippen LogP contribution is -2.39. The third-order valence-corrected chi connectivity index (χ3v) is 4.31. The molecule has 0 spiro atoms. The molecule has 6 heteroatoms. The maximum Gasteiger partial charge on any atom is 0.240 e. The molecule has 5 nitrogen and oxygen atoms in total. The number of rotatable bonds is 6. The molecule has 1 unspecified atom stereocenters. The summed E-state index contributed by atoms with van der Waals surface area (Å²) in [5.41, 5.74) is 0.827. The molecule has 124 valence electrons. The summed E-state index contributed by atoms with van der Waals surface area (Å²) in [6.45, 7) is 1.81. The summed E-state index contributed by atoms with van der Waals surface area (Å²) in [7, 11) is 0. The number of hydrogen-bond donors (Lipinski definition) is 1. The van der Waals surface area contributed by atoms with Gasteiger partial charge >= 0.3 is 0 Å². The average Bonchev–Trinajstić information content (AvgIpc) is 2.97. The van der Waals surface area contributed by atoms with Crippen LogP contribution < -0.4 is 0 Å². The van der Waals surface area contributed by atoms with Gasteiger partial charge in [-0.3, -0.25) is 4.90 Å². The third kappa shape index (κ3) is 4.36. The minimum atomic E-state index is -0.258. The van der Waals surface area contributed by atoms with Crippen LogP contribution in [0, 0.1) is 5.82 Å². The Balaban J connectivity index is 1.62. The second-order valence-corrected chi connectivity index (χ2v) is 6.04. The van der Waals surface area contributed by atoms with Crippen LogP contribution in [0.5, 0.6) is 0 Å². The molecule has 0 aliphatic carbocycles. The lowest BCUT2D eigenvalue weighted by atomic mass is 10.00. The van der Waals surface area contributed by atoms with E-state index in [2.05, 4.69) is 15.0 Å². The first-order valence-electron chi connectivity index (χ1n) is 8.15. The normalized spacial score (nSPS) is 19.1. The van der Waals surface area contributed by atoms with E-state index in [1.54, 1.807) is 6.07 Å². The van der Waals surface area contributed by atoms with Crippen molar-refractivity contribution in [3.63, 3.8) is 0 Å².